The molecule has 4 aromatic heterocycles. The lowest BCUT2D eigenvalue weighted by atomic mass is 10.0. The summed E-state index contributed by atoms with van der Waals surface area (Å²) in [7, 11) is 0. The highest BCUT2D eigenvalue weighted by molar-refractivity contribution is 6.15. The highest BCUT2D eigenvalue weighted by Crippen LogP contribution is 2.36. The Morgan fingerprint density at radius 3 is 1.17 bits per heavy atom. The van der Waals surface area contributed by atoms with Gasteiger partial charge in [0.15, 0.2) is 0 Å². The molecule has 0 amide bonds. The maximum absolute atomic E-state index is 5.19. The molecule has 0 spiro atoms. The van der Waals surface area contributed by atoms with Crippen LogP contribution in [-0.4, -0.2) is 18.8 Å². The summed E-state index contributed by atoms with van der Waals surface area (Å²) in [5.41, 5.74) is 10.8. The SMILES string of the molecule is c1ccc2c(c1)c1ccccc1n1c3ccc(-c4ccc5c(c4)nc4c6ccccc6c6ccccc6n54)cc3nc21. The molecule has 0 saturated heterocycles. The number of pyridine rings is 2. The lowest BCUT2D eigenvalue weighted by molar-refractivity contribution is 1.31. The molecule has 0 aliphatic carbocycles. The monoisotopic (exact) mass is 534 g/mol. The van der Waals surface area contributed by atoms with Gasteiger partial charge in [0, 0.05) is 21.5 Å². The van der Waals surface area contributed by atoms with Gasteiger partial charge in [0.2, 0.25) is 0 Å². The first kappa shape index (κ1) is 22.0. The number of benzene rings is 6. The van der Waals surface area contributed by atoms with Crippen molar-refractivity contribution in [3.8, 4) is 11.1 Å². The molecule has 0 radical (unpaired) electrons. The van der Waals surface area contributed by atoms with Gasteiger partial charge in [0.25, 0.3) is 0 Å². The summed E-state index contributed by atoms with van der Waals surface area (Å²) in [6.07, 6.45) is 0. The standard InChI is InChI=1S/C38H22N4/c1-3-13-29-25(9-1)27-11-5-7-15-33(27)41-35-19-17-23(21-31(35)39-37(29)41)24-18-20-36-32(22-24)40-38-30-14-4-2-10-26(30)28-12-6-8-16-34(28)42(36)38/h1-22H. The van der Waals surface area contributed by atoms with E-state index >= 15 is 0 Å². The summed E-state index contributed by atoms with van der Waals surface area (Å²) < 4.78 is 4.61. The van der Waals surface area contributed by atoms with Crippen LogP contribution in [0, 0.1) is 0 Å². The molecule has 4 nitrogen and oxygen atoms in total. The first-order valence-corrected chi connectivity index (χ1v) is 14.3. The number of rotatable bonds is 1. The smallest absolute Gasteiger partial charge is 0.146 e. The molecule has 194 valence electrons. The van der Waals surface area contributed by atoms with E-state index in [1.54, 1.807) is 0 Å². The molecule has 0 N–H and O–H groups in total. The molecule has 4 heterocycles. The lowest BCUT2D eigenvalue weighted by Crippen LogP contribution is -1.91. The maximum Gasteiger partial charge on any atom is 0.146 e. The molecule has 0 atom stereocenters. The van der Waals surface area contributed by atoms with Crippen LogP contribution in [0.15, 0.2) is 133 Å². The van der Waals surface area contributed by atoms with Crippen LogP contribution >= 0.6 is 0 Å². The number of fused-ring (bicyclic) bond motifs is 16. The fourth-order valence-corrected chi connectivity index (χ4v) is 6.99. The Morgan fingerprint density at radius 1 is 0.333 bits per heavy atom. The van der Waals surface area contributed by atoms with Crippen LogP contribution in [0.2, 0.25) is 0 Å². The van der Waals surface area contributed by atoms with Gasteiger partial charge in [-0.05, 0) is 58.3 Å². The van der Waals surface area contributed by atoms with Crippen molar-refractivity contribution in [1.82, 2.24) is 18.8 Å². The number of imidazole rings is 2. The number of hydrogen-bond acceptors (Lipinski definition) is 2. The van der Waals surface area contributed by atoms with E-state index in [1.165, 1.54) is 43.4 Å². The second kappa shape index (κ2) is 7.93. The fraction of sp³-hybridized carbons (Fsp3) is 0. The zero-order valence-corrected chi connectivity index (χ0v) is 22.5. The molecule has 6 aromatic carbocycles. The summed E-state index contributed by atoms with van der Waals surface area (Å²) in [6.45, 7) is 0. The molecule has 0 fully saturated rings. The minimum absolute atomic E-state index is 0.987. The van der Waals surface area contributed by atoms with E-state index in [-0.39, 0.29) is 0 Å². The summed E-state index contributed by atoms with van der Waals surface area (Å²) >= 11 is 0. The van der Waals surface area contributed by atoms with Crippen molar-refractivity contribution in [1.29, 1.82) is 0 Å². The highest BCUT2D eigenvalue weighted by Gasteiger charge is 2.16. The fourth-order valence-electron chi connectivity index (χ4n) is 6.99. The van der Waals surface area contributed by atoms with Crippen LogP contribution in [0.25, 0.3) is 87.8 Å². The van der Waals surface area contributed by atoms with Gasteiger partial charge in [0.1, 0.15) is 11.3 Å². The van der Waals surface area contributed by atoms with Gasteiger partial charge in [-0.15, -0.1) is 0 Å². The van der Waals surface area contributed by atoms with E-state index in [4.69, 9.17) is 9.97 Å². The van der Waals surface area contributed by atoms with Crippen molar-refractivity contribution >= 4 is 76.7 Å². The lowest BCUT2D eigenvalue weighted by Gasteiger charge is -2.09. The van der Waals surface area contributed by atoms with Crippen LogP contribution < -0.4 is 0 Å². The van der Waals surface area contributed by atoms with Crippen LogP contribution in [-0.2, 0) is 0 Å². The van der Waals surface area contributed by atoms with Gasteiger partial charge in [-0.3, -0.25) is 8.80 Å². The van der Waals surface area contributed by atoms with Crippen LogP contribution in [0.5, 0.6) is 0 Å². The van der Waals surface area contributed by atoms with Gasteiger partial charge in [-0.2, -0.15) is 0 Å². The molecule has 10 aromatic rings. The Bertz CT molecular complexity index is 2560. The molecule has 0 unspecified atom stereocenters. The summed E-state index contributed by atoms with van der Waals surface area (Å²) in [6, 6.07) is 47.6. The summed E-state index contributed by atoms with van der Waals surface area (Å²) in [5.74, 6) is 0. The molecular weight excluding hydrogens is 512 g/mol. The molecular formula is C38H22N4. The first-order valence-electron chi connectivity index (χ1n) is 14.3. The predicted octanol–water partition coefficient (Wildman–Crippen LogP) is 9.57. The molecule has 0 bridgehead atoms. The quantitative estimate of drug-likeness (QED) is 0.197. The molecule has 0 aliphatic rings. The van der Waals surface area contributed by atoms with E-state index in [2.05, 4.69) is 142 Å². The van der Waals surface area contributed by atoms with E-state index in [0.29, 0.717) is 0 Å². The molecule has 4 heteroatoms. The average Bonchev–Trinajstić information content (AvgIpc) is 3.64. The van der Waals surface area contributed by atoms with E-state index < -0.39 is 0 Å². The minimum atomic E-state index is 0.987. The van der Waals surface area contributed by atoms with Crippen molar-refractivity contribution in [3.63, 3.8) is 0 Å². The number of para-hydroxylation sites is 2. The third-order valence-electron chi connectivity index (χ3n) is 8.85. The zero-order valence-electron chi connectivity index (χ0n) is 22.5. The molecule has 42 heavy (non-hydrogen) atoms. The van der Waals surface area contributed by atoms with Crippen molar-refractivity contribution in [2.24, 2.45) is 0 Å². The molecule has 0 aliphatic heterocycles. The Hall–Kier alpha value is -5.74. The van der Waals surface area contributed by atoms with Gasteiger partial charge >= 0.3 is 0 Å². The second-order valence-corrected chi connectivity index (χ2v) is 11.1. The van der Waals surface area contributed by atoms with Crippen molar-refractivity contribution in [2.45, 2.75) is 0 Å². The Balaban J connectivity index is 1.23. The molecule has 10 rings (SSSR count). The second-order valence-electron chi connectivity index (χ2n) is 11.1. The van der Waals surface area contributed by atoms with Crippen molar-refractivity contribution in [3.05, 3.63) is 133 Å². The Labute approximate surface area is 239 Å². The van der Waals surface area contributed by atoms with E-state index in [1.807, 2.05) is 0 Å². The largest absolute Gasteiger partial charge is 0.292 e. The number of hydrogen-bond donors (Lipinski definition) is 0. The van der Waals surface area contributed by atoms with Gasteiger partial charge in [0.05, 0.1) is 33.1 Å². The predicted molar refractivity (Wildman–Crippen MR) is 174 cm³/mol. The normalized spacial score (nSPS) is 12.3. The maximum atomic E-state index is 5.19. The number of aromatic nitrogens is 4. The molecule has 0 saturated carbocycles. The zero-order chi connectivity index (χ0) is 27.4. The van der Waals surface area contributed by atoms with Gasteiger partial charge < -0.3 is 0 Å². The average molecular weight is 535 g/mol. The third-order valence-corrected chi connectivity index (χ3v) is 8.85. The van der Waals surface area contributed by atoms with Crippen LogP contribution in [0.1, 0.15) is 0 Å². The first-order chi connectivity index (χ1) is 20.8. The van der Waals surface area contributed by atoms with Crippen molar-refractivity contribution in [2.75, 3.05) is 0 Å². The third kappa shape index (κ3) is 2.80. The minimum Gasteiger partial charge on any atom is -0.292 e. The van der Waals surface area contributed by atoms with E-state index in [0.717, 1.165) is 44.5 Å². The summed E-state index contributed by atoms with van der Waals surface area (Å²) in [4.78, 5) is 10.4. The van der Waals surface area contributed by atoms with Gasteiger partial charge in [-0.1, -0.05) is 97.1 Å². The van der Waals surface area contributed by atoms with Crippen LogP contribution in [0.4, 0.5) is 0 Å². The Kier molecular flexibility index (Phi) is 4.15. The van der Waals surface area contributed by atoms with Crippen LogP contribution in [0.3, 0.4) is 0 Å². The Morgan fingerprint density at radius 2 is 0.714 bits per heavy atom. The topological polar surface area (TPSA) is 34.6 Å². The van der Waals surface area contributed by atoms with Crippen molar-refractivity contribution < 1.29 is 0 Å². The summed E-state index contributed by atoms with van der Waals surface area (Å²) in [5, 5.41) is 7.27. The highest BCUT2D eigenvalue weighted by atomic mass is 15.0. The number of nitrogens with zero attached hydrogens (tertiary/aromatic N) is 4. The van der Waals surface area contributed by atoms with E-state index in [9.17, 15) is 0 Å². The van der Waals surface area contributed by atoms with Gasteiger partial charge in [-0.25, -0.2) is 9.97 Å².